The fourth-order valence-electron chi connectivity index (χ4n) is 3.39. The predicted molar refractivity (Wildman–Crippen MR) is 93.1 cm³/mol. The number of hydrogen-bond acceptors (Lipinski definition) is 4. The van der Waals surface area contributed by atoms with E-state index >= 15 is 0 Å². The van der Waals surface area contributed by atoms with Gasteiger partial charge in [-0.25, -0.2) is 4.98 Å². The van der Waals surface area contributed by atoms with Gasteiger partial charge in [-0.1, -0.05) is 6.92 Å². The molecule has 0 radical (unpaired) electrons. The monoisotopic (exact) mass is 304 g/mol. The van der Waals surface area contributed by atoms with Crippen LogP contribution >= 0.6 is 0 Å². The predicted octanol–water partition coefficient (Wildman–Crippen LogP) is 4.10. The first-order valence-corrected chi connectivity index (χ1v) is 8.10. The highest BCUT2D eigenvalue weighted by atomic mass is 14.8. The Hall–Kier alpha value is -2.49. The highest BCUT2D eigenvalue weighted by Crippen LogP contribution is 2.42. The molecule has 4 nitrogen and oxygen atoms in total. The van der Waals surface area contributed by atoms with Gasteiger partial charge >= 0.3 is 0 Å². The standard InChI is InChI=1S/C19H20N4/c1-11-3-4-14(11)13-7-18-19(22-9-13)16(20)8-17(23-18)15-10-21-6-5-12(15)2/h5-11,14H,3-4H2,1-2H3,(H2,20,23). The van der Waals surface area contributed by atoms with Gasteiger partial charge in [-0.15, -0.1) is 0 Å². The molecule has 0 bridgehead atoms. The SMILES string of the molecule is Cc1ccncc1-c1cc(N)c2ncc(C3CCC3C)cc2n1. The van der Waals surface area contributed by atoms with Crippen molar-refractivity contribution >= 4 is 16.7 Å². The van der Waals surface area contributed by atoms with Crippen molar-refractivity contribution in [3.63, 3.8) is 0 Å². The van der Waals surface area contributed by atoms with Gasteiger partial charge in [-0.3, -0.25) is 9.97 Å². The third-order valence-corrected chi connectivity index (χ3v) is 5.06. The second-order valence-electron chi connectivity index (χ2n) is 6.58. The number of fused-ring (bicyclic) bond motifs is 1. The lowest BCUT2D eigenvalue weighted by Gasteiger charge is -2.34. The van der Waals surface area contributed by atoms with Crippen molar-refractivity contribution in [1.82, 2.24) is 15.0 Å². The molecule has 4 heteroatoms. The third kappa shape index (κ3) is 2.34. The molecule has 2 N–H and O–H groups in total. The average Bonchev–Trinajstić information content (AvgIpc) is 2.53. The smallest absolute Gasteiger partial charge is 0.112 e. The normalized spacial score (nSPS) is 20.4. The fraction of sp³-hybridized carbons (Fsp3) is 0.316. The fourth-order valence-corrected chi connectivity index (χ4v) is 3.39. The number of nitrogen functional groups attached to an aromatic ring is 1. The first-order valence-electron chi connectivity index (χ1n) is 8.10. The maximum absolute atomic E-state index is 6.22. The van der Waals surface area contributed by atoms with E-state index in [1.54, 1.807) is 6.20 Å². The minimum absolute atomic E-state index is 0.610. The van der Waals surface area contributed by atoms with E-state index in [4.69, 9.17) is 10.7 Å². The van der Waals surface area contributed by atoms with E-state index in [0.717, 1.165) is 33.8 Å². The highest BCUT2D eigenvalue weighted by Gasteiger charge is 2.28. The van der Waals surface area contributed by atoms with Crippen LogP contribution in [-0.2, 0) is 0 Å². The Labute approximate surface area is 135 Å². The van der Waals surface area contributed by atoms with Crippen LogP contribution in [0.2, 0.25) is 0 Å². The number of nitrogens with zero attached hydrogens (tertiary/aromatic N) is 3. The third-order valence-electron chi connectivity index (χ3n) is 5.06. The molecule has 2 atom stereocenters. The van der Waals surface area contributed by atoms with Crippen LogP contribution in [0.4, 0.5) is 5.69 Å². The minimum Gasteiger partial charge on any atom is -0.397 e. The van der Waals surface area contributed by atoms with Crippen molar-refractivity contribution in [2.24, 2.45) is 5.92 Å². The molecule has 3 heterocycles. The first kappa shape index (κ1) is 14.1. The molecule has 4 rings (SSSR count). The Balaban J connectivity index is 1.86. The molecule has 3 aromatic rings. The topological polar surface area (TPSA) is 64.7 Å². The Morgan fingerprint density at radius 3 is 2.74 bits per heavy atom. The van der Waals surface area contributed by atoms with Crippen LogP contribution in [-0.4, -0.2) is 15.0 Å². The van der Waals surface area contributed by atoms with Gasteiger partial charge in [-0.2, -0.15) is 0 Å². The van der Waals surface area contributed by atoms with Crippen LogP contribution in [0.25, 0.3) is 22.3 Å². The van der Waals surface area contributed by atoms with Gasteiger partial charge in [0.25, 0.3) is 0 Å². The summed E-state index contributed by atoms with van der Waals surface area (Å²) in [5, 5.41) is 0. The zero-order valence-electron chi connectivity index (χ0n) is 13.5. The molecule has 1 aliphatic carbocycles. The van der Waals surface area contributed by atoms with Crippen molar-refractivity contribution in [3.8, 4) is 11.3 Å². The largest absolute Gasteiger partial charge is 0.397 e. The number of nitrogens with two attached hydrogens (primary N) is 1. The summed E-state index contributed by atoms with van der Waals surface area (Å²) in [6.07, 6.45) is 8.14. The molecule has 0 aromatic carbocycles. The van der Waals surface area contributed by atoms with Crippen LogP contribution < -0.4 is 5.73 Å². The Bertz CT molecular complexity index is 888. The molecule has 1 aliphatic rings. The Morgan fingerprint density at radius 2 is 2.04 bits per heavy atom. The van der Waals surface area contributed by atoms with E-state index in [2.05, 4.69) is 29.9 Å². The van der Waals surface area contributed by atoms with Crippen molar-refractivity contribution < 1.29 is 0 Å². The number of hydrogen-bond donors (Lipinski definition) is 1. The number of rotatable bonds is 2. The lowest BCUT2D eigenvalue weighted by Crippen LogP contribution is -2.20. The summed E-state index contributed by atoms with van der Waals surface area (Å²) in [6.45, 7) is 4.36. The highest BCUT2D eigenvalue weighted by molar-refractivity contribution is 5.89. The van der Waals surface area contributed by atoms with Crippen molar-refractivity contribution in [2.45, 2.75) is 32.6 Å². The molecule has 3 aromatic heterocycles. The van der Waals surface area contributed by atoms with E-state index in [0.29, 0.717) is 11.6 Å². The summed E-state index contributed by atoms with van der Waals surface area (Å²) < 4.78 is 0. The second kappa shape index (κ2) is 5.30. The summed E-state index contributed by atoms with van der Waals surface area (Å²) in [6, 6.07) is 6.04. The lowest BCUT2D eigenvalue weighted by molar-refractivity contribution is 0.280. The van der Waals surface area contributed by atoms with Crippen molar-refractivity contribution in [3.05, 3.63) is 47.9 Å². The molecular weight excluding hydrogens is 284 g/mol. The van der Waals surface area contributed by atoms with Gasteiger partial charge in [0.2, 0.25) is 0 Å². The summed E-state index contributed by atoms with van der Waals surface area (Å²) >= 11 is 0. The average molecular weight is 304 g/mol. The molecule has 0 amide bonds. The summed E-state index contributed by atoms with van der Waals surface area (Å²) in [5.74, 6) is 1.34. The van der Waals surface area contributed by atoms with E-state index in [-0.39, 0.29) is 0 Å². The van der Waals surface area contributed by atoms with Crippen molar-refractivity contribution in [1.29, 1.82) is 0 Å². The molecule has 23 heavy (non-hydrogen) atoms. The molecule has 0 saturated heterocycles. The van der Waals surface area contributed by atoms with Gasteiger partial charge in [0, 0.05) is 24.2 Å². The van der Waals surface area contributed by atoms with Crippen LogP contribution in [0.1, 0.15) is 36.8 Å². The molecule has 2 unspecified atom stereocenters. The molecule has 1 fully saturated rings. The van der Waals surface area contributed by atoms with Crippen molar-refractivity contribution in [2.75, 3.05) is 5.73 Å². The van der Waals surface area contributed by atoms with E-state index in [1.165, 1.54) is 18.4 Å². The molecule has 116 valence electrons. The van der Waals surface area contributed by atoms with Gasteiger partial charge < -0.3 is 5.73 Å². The van der Waals surface area contributed by atoms with Crippen LogP contribution in [0.5, 0.6) is 0 Å². The summed E-state index contributed by atoms with van der Waals surface area (Å²) in [4.78, 5) is 13.6. The number of aryl methyl sites for hydroxylation is 1. The summed E-state index contributed by atoms with van der Waals surface area (Å²) in [5.41, 5.74) is 12.8. The van der Waals surface area contributed by atoms with E-state index in [9.17, 15) is 0 Å². The molecular formula is C19H20N4. The maximum atomic E-state index is 6.22. The summed E-state index contributed by atoms with van der Waals surface area (Å²) in [7, 11) is 0. The maximum Gasteiger partial charge on any atom is 0.112 e. The Morgan fingerprint density at radius 1 is 1.17 bits per heavy atom. The Kier molecular flexibility index (Phi) is 3.26. The van der Waals surface area contributed by atoms with Gasteiger partial charge in [-0.05, 0) is 60.9 Å². The molecule has 0 spiro atoms. The van der Waals surface area contributed by atoms with Gasteiger partial charge in [0.05, 0.1) is 16.9 Å². The zero-order valence-corrected chi connectivity index (χ0v) is 13.5. The quantitative estimate of drug-likeness (QED) is 0.774. The zero-order chi connectivity index (χ0) is 16.0. The lowest BCUT2D eigenvalue weighted by atomic mass is 9.71. The molecule has 0 aliphatic heterocycles. The van der Waals surface area contributed by atoms with Crippen LogP contribution in [0, 0.1) is 12.8 Å². The number of aromatic nitrogens is 3. The van der Waals surface area contributed by atoms with Crippen LogP contribution in [0.15, 0.2) is 36.8 Å². The second-order valence-corrected chi connectivity index (χ2v) is 6.58. The number of anilines is 1. The van der Waals surface area contributed by atoms with E-state index in [1.807, 2.05) is 24.5 Å². The van der Waals surface area contributed by atoms with Crippen LogP contribution in [0.3, 0.4) is 0 Å². The van der Waals surface area contributed by atoms with Gasteiger partial charge in [0.1, 0.15) is 5.52 Å². The first-order chi connectivity index (χ1) is 11.1. The molecule has 1 saturated carbocycles. The number of pyridine rings is 3. The van der Waals surface area contributed by atoms with E-state index < -0.39 is 0 Å². The minimum atomic E-state index is 0.610. The van der Waals surface area contributed by atoms with Gasteiger partial charge in [0.15, 0.2) is 0 Å².